The molecule has 0 saturated heterocycles. The van der Waals surface area contributed by atoms with Gasteiger partial charge in [0.05, 0.1) is 13.2 Å². The van der Waals surface area contributed by atoms with Gasteiger partial charge in [0.1, 0.15) is 0 Å². The van der Waals surface area contributed by atoms with E-state index in [-0.39, 0.29) is 6.41 Å². The summed E-state index contributed by atoms with van der Waals surface area (Å²) in [5, 5.41) is 41.3. The van der Waals surface area contributed by atoms with E-state index in [1.54, 1.807) is 0 Å². The van der Waals surface area contributed by atoms with Crippen LogP contribution in [0.5, 0.6) is 0 Å². The highest BCUT2D eigenvalue weighted by atomic mass is 16.4. The first-order chi connectivity index (χ1) is 13.2. The minimum Gasteiger partial charge on any atom is -0.480 e. The molecule has 0 spiro atoms. The molecule has 0 aliphatic carbocycles. The number of aliphatic hydroxyl groups is 2. The SMILES string of the molecule is Nc1nc(C(=O)N[C@H](CO)C(=O)O)c(NC=O)nc1C(=O)N[C@H](CO)C(=O)O. The number of aromatic nitrogens is 2. The molecule has 0 aliphatic rings. The second-order valence-electron chi connectivity index (χ2n) is 5.01. The van der Waals surface area contributed by atoms with Crippen LogP contribution in [0, 0.1) is 0 Å². The number of amides is 3. The number of nitrogen functional groups attached to an aromatic ring is 1. The number of carboxylic acids is 2. The predicted octanol–water partition coefficient (Wildman–Crippen LogP) is -4.02. The van der Waals surface area contributed by atoms with Gasteiger partial charge in [-0.1, -0.05) is 0 Å². The molecule has 152 valence electrons. The number of nitrogens with zero attached hydrogens (tertiary/aromatic N) is 2. The van der Waals surface area contributed by atoms with E-state index < -0.39 is 72.1 Å². The van der Waals surface area contributed by atoms with Crippen molar-refractivity contribution in [1.82, 2.24) is 20.6 Å². The Labute approximate surface area is 155 Å². The maximum Gasteiger partial charge on any atom is 0.328 e. The molecule has 9 N–H and O–H groups in total. The zero-order chi connectivity index (χ0) is 21.4. The summed E-state index contributed by atoms with van der Waals surface area (Å²) in [7, 11) is 0. The highest BCUT2D eigenvalue weighted by molar-refractivity contribution is 6.03. The van der Waals surface area contributed by atoms with Crippen LogP contribution < -0.4 is 21.7 Å². The van der Waals surface area contributed by atoms with E-state index >= 15 is 0 Å². The number of rotatable bonds is 10. The van der Waals surface area contributed by atoms with Crippen LogP contribution >= 0.6 is 0 Å². The van der Waals surface area contributed by atoms with Gasteiger partial charge in [-0.25, -0.2) is 19.6 Å². The number of carboxylic acid groups (broad SMARTS) is 2. The normalized spacial score (nSPS) is 12.4. The molecule has 15 heteroatoms. The summed E-state index contributed by atoms with van der Waals surface area (Å²) in [5.74, 6) is -6.71. The van der Waals surface area contributed by atoms with Gasteiger partial charge in [-0.2, -0.15) is 0 Å². The van der Waals surface area contributed by atoms with Crippen molar-refractivity contribution >= 4 is 41.8 Å². The van der Waals surface area contributed by atoms with Crippen LogP contribution in [-0.2, 0) is 14.4 Å². The summed E-state index contributed by atoms with van der Waals surface area (Å²) in [5.41, 5.74) is 4.20. The second kappa shape index (κ2) is 9.74. The van der Waals surface area contributed by atoms with E-state index in [1.165, 1.54) is 0 Å². The Morgan fingerprint density at radius 1 is 0.929 bits per heavy atom. The Bertz CT molecular complexity index is 799. The van der Waals surface area contributed by atoms with Crippen LogP contribution in [0.2, 0.25) is 0 Å². The lowest BCUT2D eigenvalue weighted by Gasteiger charge is -2.15. The smallest absolute Gasteiger partial charge is 0.328 e. The monoisotopic (exact) mass is 400 g/mol. The summed E-state index contributed by atoms with van der Waals surface area (Å²) in [4.78, 5) is 63.9. The third-order valence-corrected chi connectivity index (χ3v) is 3.12. The average molecular weight is 400 g/mol. The molecule has 2 atom stereocenters. The van der Waals surface area contributed by atoms with Gasteiger partial charge >= 0.3 is 11.9 Å². The van der Waals surface area contributed by atoms with Crippen LogP contribution in [0.25, 0.3) is 0 Å². The van der Waals surface area contributed by atoms with Crippen LogP contribution in [0.1, 0.15) is 21.0 Å². The van der Waals surface area contributed by atoms with Gasteiger partial charge in [0.2, 0.25) is 6.41 Å². The lowest BCUT2D eigenvalue weighted by atomic mass is 10.2. The average Bonchev–Trinajstić information content (AvgIpc) is 2.64. The summed E-state index contributed by atoms with van der Waals surface area (Å²) in [6.45, 7) is -1.88. The molecular weight excluding hydrogens is 384 g/mol. The minimum atomic E-state index is -1.69. The van der Waals surface area contributed by atoms with Gasteiger partial charge in [-0.3, -0.25) is 14.4 Å². The van der Waals surface area contributed by atoms with Gasteiger partial charge in [-0.15, -0.1) is 0 Å². The molecule has 0 fully saturated rings. The predicted molar refractivity (Wildman–Crippen MR) is 88.1 cm³/mol. The fourth-order valence-corrected chi connectivity index (χ4v) is 1.75. The largest absolute Gasteiger partial charge is 0.480 e. The Morgan fingerprint density at radius 3 is 1.79 bits per heavy atom. The van der Waals surface area contributed by atoms with E-state index in [4.69, 9.17) is 26.2 Å². The van der Waals surface area contributed by atoms with E-state index in [0.29, 0.717) is 0 Å². The maximum atomic E-state index is 12.1. The number of nitrogens with two attached hydrogens (primary N) is 1. The minimum absolute atomic E-state index is 0.0766. The topological polar surface area (TPSA) is 254 Å². The molecule has 0 saturated carbocycles. The Morgan fingerprint density at radius 2 is 1.39 bits per heavy atom. The summed E-state index contributed by atoms with van der Waals surface area (Å²) in [6.07, 6.45) is 0.0766. The molecule has 0 unspecified atom stereocenters. The number of nitrogens with one attached hydrogen (secondary N) is 3. The first-order valence-electron chi connectivity index (χ1n) is 7.32. The molecule has 1 aromatic heterocycles. The van der Waals surface area contributed by atoms with Crippen molar-refractivity contribution in [1.29, 1.82) is 0 Å². The summed E-state index contributed by atoms with van der Waals surface area (Å²) in [6, 6.07) is -3.37. The van der Waals surface area contributed by atoms with Gasteiger partial charge in [-0.05, 0) is 0 Å². The van der Waals surface area contributed by atoms with Crippen molar-refractivity contribution < 1.29 is 44.4 Å². The number of aliphatic hydroxyl groups excluding tert-OH is 2. The van der Waals surface area contributed by atoms with Gasteiger partial charge in [0.25, 0.3) is 11.8 Å². The second-order valence-corrected chi connectivity index (χ2v) is 5.01. The number of hydrogen-bond donors (Lipinski definition) is 8. The molecule has 1 rings (SSSR count). The highest BCUT2D eigenvalue weighted by Crippen LogP contribution is 2.16. The van der Waals surface area contributed by atoms with Crippen molar-refractivity contribution in [2.24, 2.45) is 0 Å². The van der Waals surface area contributed by atoms with Crippen molar-refractivity contribution in [2.75, 3.05) is 24.3 Å². The molecule has 0 radical (unpaired) electrons. The molecule has 1 heterocycles. The molecule has 0 aromatic carbocycles. The van der Waals surface area contributed by atoms with Crippen LogP contribution in [0.15, 0.2) is 0 Å². The van der Waals surface area contributed by atoms with E-state index in [1.807, 2.05) is 16.0 Å². The molecule has 28 heavy (non-hydrogen) atoms. The number of carbonyl (C=O) groups excluding carboxylic acids is 3. The molecule has 1 aromatic rings. The Hall–Kier alpha value is -3.85. The highest BCUT2D eigenvalue weighted by Gasteiger charge is 2.27. The number of carbonyl (C=O) groups is 5. The van der Waals surface area contributed by atoms with Crippen LogP contribution in [0.4, 0.5) is 11.6 Å². The first-order valence-corrected chi connectivity index (χ1v) is 7.32. The van der Waals surface area contributed by atoms with Crippen LogP contribution in [-0.4, -0.2) is 85.9 Å². The third-order valence-electron chi connectivity index (χ3n) is 3.12. The fourth-order valence-electron chi connectivity index (χ4n) is 1.75. The number of anilines is 2. The maximum absolute atomic E-state index is 12.1. The van der Waals surface area contributed by atoms with Gasteiger partial charge in [0.15, 0.2) is 35.1 Å². The molecule has 0 bridgehead atoms. The number of hydrogen-bond acceptors (Lipinski definition) is 10. The zero-order valence-corrected chi connectivity index (χ0v) is 13.9. The van der Waals surface area contributed by atoms with Gasteiger partial charge < -0.3 is 42.1 Å². The van der Waals surface area contributed by atoms with E-state index in [0.717, 1.165) is 0 Å². The standard InChI is InChI=1S/C13H16N6O9/c14-8-6(10(23)16-4(1-20)12(25)26)19-9(15-3-22)7(18-8)11(24)17-5(2-21)13(27)28/h3-5,20-21H,1-2H2,(H2,14,18)(H,16,23)(H,17,24)(H,25,26)(H,27,28)(H,15,19,22)/t4-,5-/m1/s1. The summed E-state index contributed by atoms with van der Waals surface area (Å²) >= 11 is 0. The molecule has 15 nitrogen and oxygen atoms in total. The lowest BCUT2D eigenvalue weighted by Crippen LogP contribution is -2.45. The Balaban J connectivity index is 3.26. The molecular formula is C13H16N6O9. The lowest BCUT2D eigenvalue weighted by molar-refractivity contribution is -0.141. The quantitative estimate of drug-likeness (QED) is 0.175. The van der Waals surface area contributed by atoms with Crippen molar-refractivity contribution in [3.05, 3.63) is 11.4 Å². The van der Waals surface area contributed by atoms with E-state index in [9.17, 15) is 24.0 Å². The van der Waals surface area contributed by atoms with Crippen molar-refractivity contribution in [2.45, 2.75) is 12.1 Å². The van der Waals surface area contributed by atoms with Crippen LogP contribution in [0.3, 0.4) is 0 Å². The zero-order valence-electron chi connectivity index (χ0n) is 13.9. The van der Waals surface area contributed by atoms with Crippen molar-refractivity contribution in [3.63, 3.8) is 0 Å². The van der Waals surface area contributed by atoms with Gasteiger partial charge in [0, 0.05) is 0 Å². The first kappa shape index (κ1) is 22.2. The summed E-state index contributed by atoms with van der Waals surface area (Å²) < 4.78 is 0. The molecule has 0 aliphatic heterocycles. The number of aliphatic carboxylic acids is 2. The fraction of sp³-hybridized carbons (Fsp3) is 0.308. The Kier molecular flexibility index (Phi) is 7.72. The van der Waals surface area contributed by atoms with E-state index in [2.05, 4.69) is 9.97 Å². The molecule has 3 amide bonds. The third kappa shape index (κ3) is 5.32. The van der Waals surface area contributed by atoms with Crippen molar-refractivity contribution in [3.8, 4) is 0 Å².